The fourth-order valence-electron chi connectivity index (χ4n) is 1.28. The van der Waals surface area contributed by atoms with E-state index in [4.69, 9.17) is 34.2 Å². The Hall–Kier alpha value is -1.13. The van der Waals surface area contributed by atoms with Crippen molar-refractivity contribution in [3.05, 3.63) is 27.7 Å². The lowest BCUT2D eigenvalue weighted by Gasteiger charge is -2.22. The van der Waals surface area contributed by atoms with E-state index >= 15 is 0 Å². The van der Waals surface area contributed by atoms with Gasteiger partial charge in [-0.2, -0.15) is 5.26 Å². The third kappa shape index (κ3) is 3.67. The number of methoxy groups -OCH3 is 1. The van der Waals surface area contributed by atoms with E-state index in [0.717, 1.165) is 11.8 Å². The summed E-state index contributed by atoms with van der Waals surface area (Å²) in [4.78, 5) is 10.2. The molecule has 8 heteroatoms. The van der Waals surface area contributed by atoms with E-state index in [-0.39, 0.29) is 15.6 Å². The fraction of sp³-hybridized carbons (Fsp3) is 0.273. The maximum atomic E-state index is 11.5. The molecule has 0 saturated heterocycles. The standard InChI is InChI=1S/C11H11Cl2N3O2S/c1-18-10(17)9-7(12)3-6(4-8(9)13)16-11(15,5-14)19-2/h3-4,16H,15H2,1-2H3. The SMILES string of the molecule is COC(=O)c1c(Cl)cc(NC(N)(C#N)SC)cc1Cl. The van der Waals surface area contributed by atoms with Crippen LogP contribution >= 0.6 is 35.0 Å². The number of nitriles is 1. The van der Waals surface area contributed by atoms with Gasteiger partial charge in [-0.3, -0.25) is 5.73 Å². The van der Waals surface area contributed by atoms with E-state index < -0.39 is 11.0 Å². The minimum absolute atomic E-state index is 0.0695. The third-order valence-electron chi connectivity index (χ3n) is 2.25. The van der Waals surface area contributed by atoms with Crippen molar-refractivity contribution in [3.63, 3.8) is 0 Å². The van der Waals surface area contributed by atoms with Crippen LogP contribution in [0.5, 0.6) is 0 Å². The molecule has 0 aliphatic rings. The first-order valence-electron chi connectivity index (χ1n) is 4.97. The highest BCUT2D eigenvalue weighted by atomic mass is 35.5. The van der Waals surface area contributed by atoms with Gasteiger partial charge in [-0.15, -0.1) is 11.8 Å². The van der Waals surface area contributed by atoms with Crippen molar-refractivity contribution in [2.75, 3.05) is 18.7 Å². The lowest BCUT2D eigenvalue weighted by Crippen LogP contribution is -2.42. The molecule has 0 aliphatic carbocycles. The number of hydrogen-bond donors (Lipinski definition) is 2. The highest BCUT2D eigenvalue weighted by molar-refractivity contribution is 8.00. The second kappa shape index (κ2) is 6.35. The smallest absolute Gasteiger partial charge is 0.340 e. The first-order chi connectivity index (χ1) is 8.86. The molecule has 19 heavy (non-hydrogen) atoms. The zero-order chi connectivity index (χ0) is 14.6. The Morgan fingerprint density at radius 3 is 2.42 bits per heavy atom. The summed E-state index contributed by atoms with van der Waals surface area (Å²) < 4.78 is 4.57. The van der Waals surface area contributed by atoms with Crippen LogP contribution < -0.4 is 11.1 Å². The second-order valence-corrected chi connectivity index (χ2v) is 5.35. The molecule has 0 amide bonds. The lowest BCUT2D eigenvalue weighted by molar-refractivity contribution is 0.0601. The molecule has 1 rings (SSSR count). The van der Waals surface area contributed by atoms with Crippen LogP contribution in [-0.4, -0.2) is 24.3 Å². The molecule has 0 fully saturated rings. The van der Waals surface area contributed by atoms with Gasteiger partial charge in [0.1, 0.15) is 6.07 Å². The van der Waals surface area contributed by atoms with Crippen molar-refractivity contribution in [2.24, 2.45) is 5.73 Å². The summed E-state index contributed by atoms with van der Waals surface area (Å²) in [6.07, 6.45) is 1.68. The van der Waals surface area contributed by atoms with E-state index in [0.29, 0.717) is 5.69 Å². The summed E-state index contributed by atoms with van der Waals surface area (Å²) in [5.74, 6) is -0.634. The van der Waals surface area contributed by atoms with Crippen LogP contribution in [-0.2, 0) is 4.74 Å². The first-order valence-corrected chi connectivity index (χ1v) is 6.95. The van der Waals surface area contributed by atoms with E-state index in [1.165, 1.54) is 19.2 Å². The number of thioether (sulfide) groups is 1. The zero-order valence-electron chi connectivity index (χ0n) is 10.2. The maximum absolute atomic E-state index is 11.5. The number of nitrogens with zero attached hydrogens (tertiary/aromatic N) is 1. The Bertz CT molecular complexity index is 524. The predicted molar refractivity (Wildman–Crippen MR) is 77.5 cm³/mol. The van der Waals surface area contributed by atoms with Gasteiger partial charge in [0, 0.05) is 5.69 Å². The summed E-state index contributed by atoms with van der Waals surface area (Å²) in [5, 5.41) is 12.0. The summed E-state index contributed by atoms with van der Waals surface area (Å²) >= 11 is 13.1. The Labute approximate surface area is 125 Å². The van der Waals surface area contributed by atoms with E-state index in [1.807, 2.05) is 6.07 Å². The first kappa shape index (κ1) is 15.9. The number of rotatable bonds is 4. The molecule has 0 heterocycles. The third-order valence-corrected chi connectivity index (χ3v) is 3.68. The Morgan fingerprint density at radius 2 is 2.05 bits per heavy atom. The molecule has 102 valence electrons. The number of anilines is 1. The average Bonchev–Trinajstić information content (AvgIpc) is 2.37. The topological polar surface area (TPSA) is 88.1 Å². The lowest BCUT2D eigenvalue weighted by atomic mass is 10.2. The van der Waals surface area contributed by atoms with Crippen molar-refractivity contribution >= 4 is 46.6 Å². The number of nitrogens with two attached hydrogens (primary N) is 1. The van der Waals surface area contributed by atoms with Crippen molar-refractivity contribution in [3.8, 4) is 6.07 Å². The van der Waals surface area contributed by atoms with Crippen molar-refractivity contribution in [1.82, 2.24) is 0 Å². The van der Waals surface area contributed by atoms with Crippen LogP contribution in [0.3, 0.4) is 0 Å². The van der Waals surface area contributed by atoms with Crippen LogP contribution in [0.2, 0.25) is 10.0 Å². The van der Waals surface area contributed by atoms with E-state index in [1.54, 1.807) is 6.26 Å². The quantitative estimate of drug-likeness (QED) is 0.655. The van der Waals surface area contributed by atoms with Gasteiger partial charge >= 0.3 is 5.97 Å². The molecule has 0 bridgehead atoms. The van der Waals surface area contributed by atoms with Crippen LogP contribution in [0.1, 0.15) is 10.4 Å². The van der Waals surface area contributed by atoms with E-state index in [2.05, 4.69) is 10.1 Å². The second-order valence-electron chi connectivity index (χ2n) is 3.48. The highest BCUT2D eigenvalue weighted by Crippen LogP contribution is 2.31. The van der Waals surface area contributed by atoms with Crippen molar-refractivity contribution in [2.45, 2.75) is 4.99 Å². The molecule has 0 spiro atoms. The summed E-state index contributed by atoms with van der Waals surface area (Å²) in [7, 11) is 1.23. The number of halogens is 2. The van der Waals surface area contributed by atoms with Gasteiger partial charge in [-0.1, -0.05) is 23.2 Å². The van der Waals surface area contributed by atoms with Gasteiger partial charge in [0.05, 0.1) is 22.7 Å². The van der Waals surface area contributed by atoms with Crippen LogP contribution in [0.25, 0.3) is 0 Å². The number of esters is 1. The molecule has 3 N–H and O–H groups in total. The van der Waals surface area contributed by atoms with Crippen LogP contribution in [0.15, 0.2) is 12.1 Å². The molecule has 1 atom stereocenters. The molecular formula is C11H11Cl2N3O2S. The van der Waals surface area contributed by atoms with Crippen LogP contribution in [0.4, 0.5) is 5.69 Å². The maximum Gasteiger partial charge on any atom is 0.340 e. The van der Waals surface area contributed by atoms with E-state index in [9.17, 15) is 4.79 Å². The summed E-state index contributed by atoms with van der Waals surface area (Å²) in [6, 6.07) is 4.82. The van der Waals surface area contributed by atoms with Gasteiger partial charge in [0.15, 0.2) is 0 Å². The van der Waals surface area contributed by atoms with Gasteiger partial charge in [0.2, 0.25) is 4.99 Å². The molecule has 0 radical (unpaired) electrons. The van der Waals surface area contributed by atoms with Gasteiger partial charge in [-0.05, 0) is 18.4 Å². The summed E-state index contributed by atoms with van der Waals surface area (Å²) in [6.45, 7) is 0. The van der Waals surface area contributed by atoms with Gasteiger partial charge in [0.25, 0.3) is 0 Å². The number of carbonyl (C=O) groups excluding carboxylic acids is 1. The monoisotopic (exact) mass is 319 g/mol. The molecule has 5 nitrogen and oxygen atoms in total. The molecule has 0 aromatic heterocycles. The Kier molecular flexibility index (Phi) is 5.32. The minimum Gasteiger partial charge on any atom is -0.465 e. The normalized spacial score (nSPS) is 13.3. The van der Waals surface area contributed by atoms with Gasteiger partial charge < -0.3 is 10.1 Å². The fourth-order valence-corrected chi connectivity index (χ4v) is 2.23. The number of nitrogens with one attached hydrogen (secondary N) is 1. The largest absolute Gasteiger partial charge is 0.465 e. The van der Waals surface area contributed by atoms with Crippen molar-refractivity contribution < 1.29 is 9.53 Å². The molecule has 1 unspecified atom stereocenters. The number of benzene rings is 1. The minimum atomic E-state index is -1.31. The molecule has 0 saturated carbocycles. The summed E-state index contributed by atoms with van der Waals surface area (Å²) in [5.41, 5.74) is 6.27. The highest BCUT2D eigenvalue weighted by Gasteiger charge is 2.24. The molecule has 1 aromatic rings. The number of hydrogen-bond acceptors (Lipinski definition) is 6. The Morgan fingerprint density at radius 1 is 1.53 bits per heavy atom. The van der Waals surface area contributed by atoms with Crippen molar-refractivity contribution in [1.29, 1.82) is 5.26 Å². The molecule has 1 aromatic carbocycles. The number of carbonyl (C=O) groups is 1. The molecule has 0 aliphatic heterocycles. The predicted octanol–water partition coefficient (Wildman–Crippen LogP) is 2.69. The number of ether oxygens (including phenoxy) is 1. The average molecular weight is 320 g/mol. The zero-order valence-corrected chi connectivity index (χ0v) is 12.5. The van der Waals surface area contributed by atoms with Gasteiger partial charge in [-0.25, -0.2) is 4.79 Å². The molecular weight excluding hydrogens is 309 g/mol. The Balaban J connectivity index is 3.16. The van der Waals surface area contributed by atoms with Crippen LogP contribution in [0, 0.1) is 11.3 Å².